The molecule has 212 valence electrons. The molecule has 0 amide bonds. The Labute approximate surface area is 201 Å². The summed E-state index contributed by atoms with van der Waals surface area (Å²) in [7, 11) is -15.8. The van der Waals surface area contributed by atoms with Gasteiger partial charge in [-0.05, 0) is 0 Å². The Morgan fingerprint density at radius 3 is 1.89 bits per heavy atom. The summed E-state index contributed by atoms with van der Waals surface area (Å²) in [4.78, 5) is 11.6. The lowest BCUT2D eigenvalue weighted by atomic mass is 9.96. The van der Waals surface area contributed by atoms with E-state index >= 15 is 0 Å². The van der Waals surface area contributed by atoms with Gasteiger partial charge >= 0.3 is 37.1 Å². The normalized spacial score (nSPS) is 38.5. The van der Waals surface area contributed by atoms with E-state index in [0.29, 0.717) is 0 Å². The molecule has 9 N–H and O–H groups in total. The molecule has 0 aromatic carbocycles. The summed E-state index contributed by atoms with van der Waals surface area (Å²) < 4.78 is 117. The van der Waals surface area contributed by atoms with Crippen LogP contribution in [0.3, 0.4) is 0 Å². The molecular weight excluding hydrogens is 574 g/mol. The van der Waals surface area contributed by atoms with E-state index in [1.807, 2.05) is 0 Å². The molecule has 2 rings (SSSR count). The van der Waals surface area contributed by atoms with E-state index in [9.17, 15) is 55.6 Å². The number of carboxylic acid groups (broad SMARTS) is 1. The minimum Gasteiger partial charge on any atom is -0.479 e. The van der Waals surface area contributed by atoms with Crippen LogP contribution in [0.25, 0.3) is 0 Å². The number of rotatable bonds is 10. The number of aliphatic carboxylic acids is 1. The highest BCUT2D eigenvalue weighted by Crippen LogP contribution is 2.31. The molecule has 10 atom stereocenters. The lowest BCUT2D eigenvalue weighted by Gasteiger charge is -2.46. The number of carboxylic acids is 1. The van der Waals surface area contributed by atoms with Gasteiger partial charge in [0.15, 0.2) is 24.8 Å². The molecule has 0 radical (unpaired) electrons. The summed E-state index contributed by atoms with van der Waals surface area (Å²) in [5.41, 5.74) is 0. The van der Waals surface area contributed by atoms with Gasteiger partial charge in [-0.3, -0.25) is 13.7 Å². The lowest BCUT2D eigenvalue weighted by Crippen LogP contribution is -2.68. The van der Waals surface area contributed by atoms with E-state index in [4.69, 9.17) is 23.1 Å². The van der Waals surface area contributed by atoms with Crippen molar-refractivity contribution in [3.8, 4) is 0 Å². The molecule has 2 heterocycles. The predicted octanol–water partition coefficient (Wildman–Crippen LogP) is -6.25. The summed E-state index contributed by atoms with van der Waals surface area (Å²) in [6, 6.07) is -2.23. The third kappa shape index (κ3) is 8.41. The number of carbonyl (C=O) groups is 1. The molecule has 0 unspecified atom stereocenters. The second kappa shape index (κ2) is 11.3. The molecule has 0 bridgehead atoms. The fourth-order valence-electron chi connectivity index (χ4n) is 3.23. The first kappa shape index (κ1) is 31.0. The van der Waals surface area contributed by atoms with Gasteiger partial charge in [-0.25, -0.2) is 13.2 Å². The molecule has 0 aromatic rings. The topological polar surface area (TPSA) is 340 Å². The fourth-order valence-corrected chi connectivity index (χ4v) is 4.62. The Bertz CT molecular complexity index is 1100. The van der Waals surface area contributed by atoms with Gasteiger partial charge in [-0.2, -0.15) is 30.0 Å². The third-order valence-corrected chi connectivity index (χ3v) is 6.14. The van der Waals surface area contributed by atoms with Gasteiger partial charge in [-0.1, -0.05) is 0 Å². The smallest absolute Gasteiger partial charge is 0.397 e. The maximum absolute atomic E-state index is 11.6. The Kier molecular flexibility index (Phi) is 9.71. The van der Waals surface area contributed by atoms with Crippen molar-refractivity contribution in [3.63, 3.8) is 0 Å². The lowest BCUT2D eigenvalue weighted by molar-refractivity contribution is -0.331. The Morgan fingerprint density at radius 2 is 1.42 bits per heavy atom. The van der Waals surface area contributed by atoms with Gasteiger partial charge in [0.05, 0.1) is 6.61 Å². The average Bonchev–Trinajstić information content (AvgIpc) is 2.68. The monoisotopic (exact) mass is 595 g/mol. The molecule has 2 aliphatic heterocycles. The highest BCUT2D eigenvalue weighted by atomic mass is 32.3. The summed E-state index contributed by atoms with van der Waals surface area (Å²) in [5.74, 6) is -1.97. The second-order valence-electron chi connectivity index (χ2n) is 7.22. The molecule has 2 saturated heterocycles. The first-order valence-corrected chi connectivity index (χ1v) is 13.3. The van der Waals surface area contributed by atoms with Crippen molar-refractivity contribution in [2.45, 2.75) is 61.3 Å². The van der Waals surface area contributed by atoms with Crippen LogP contribution in [0, 0.1) is 0 Å². The molecule has 0 saturated carbocycles. The Morgan fingerprint density at radius 1 is 0.833 bits per heavy atom. The van der Waals surface area contributed by atoms with Crippen LogP contribution in [0.5, 0.6) is 0 Å². The van der Waals surface area contributed by atoms with Crippen molar-refractivity contribution in [1.29, 1.82) is 0 Å². The number of aliphatic hydroxyl groups excluding tert-OH is 4. The van der Waals surface area contributed by atoms with Crippen molar-refractivity contribution in [3.05, 3.63) is 0 Å². The van der Waals surface area contributed by atoms with E-state index in [0.717, 1.165) is 0 Å². The first-order valence-electron chi connectivity index (χ1n) is 9.14. The van der Waals surface area contributed by atoms with E-state index in [1.54, 1.807) is 0 Å². The van der Waals surface area contributed by atoms with Crippen LogP contribution in [0.1, 0.15) is 0 Å². The van der Waals surface area contributed by atoms with Crippen LogP contribution in [0.4, 0.5) is 0 Å². The molecule has 24 heteroatoms. The Balaban J connectivity index is 2.43. The quantitative estimate of drug-likeness (QED) is 0.106. The van der Waals surface area contributed by atoms with Gasteiger partial charge < -0.3 is 39.7 Å². The van der Waals surface area contributed by atoms with Crippen molar-refractivity contribution >= 4 is 37.1 Å². The molecule has 0 aliphatic carbocycles. The summed E-state index contributed by atoms with van der Waals surface area (Å²) in [5, 5.41) is 49.9. The van der Waals surface area contributed by atoms with Crippen molar-refractivity contribution in [2.24, 2.45) is 0 Å². The second-order valence-corrected chi connectivity index (χ2v) is 10.5. The number of ether oxygens (including phenoxy) is 3. The SMILES string of the molecule is O=C(O)[C@H]1O[C@@H](O)[C@H](OS(=O)(=O)O)[C@@H](O)[C@@H]1O[C@@H]1O[C@@H](COS(=O)(=O)O)[C@H](O)[C@@H](O)[C@@H]1NS(=O)(=O)O. The van der Waals surface area contributed by atoms with Crippen molar-refractivity contribution < 1.29 is 91.8 Å². The largest absolute Gasteiger partial charge is 0.479 e. The number of hydrogen-bond acceptors (Lipinski definition) is 16. The van der Waals surface area contributed by atoms with E-state index in [2.05, 4.69) is 13.1 Å². The molecule has 2 aliphatic rings. The number of aliphatic hydroxyl groups is 4. The maximum Gasteiger partial charge on any atom is 0.397 e. The van der Waals surface area contributed by atoms with E-state index < -0.39 is 105 Å². The molecule has 36 heavy (non-hydrogen) atoms. The van der Waals surface area contributed by atoms with Gasteiger partial charge in [-0.15, -0.1) is 0 Å². The van der Waals surface area contributed by atoms with Crippen molar-refractivity contribution in [1.82, 2.24) is 4.72 Å². The van der Waals surface area contributed by atoms with Crippen LogP contribution in [0.15, 0.2) is 0 Å². The highest BCUT2D eigenvalue weighted by molar-refractivity contribution is 7.83. The molecule has 2 fully saturated rings. The van der Waals surface area contributed by atoms with Crippen LogP contribution in [0.2, 0.25) is 0 Å². The standard InChI is InChI=1S/C12H21NO20S3/c14-4-2(1-29-35(23,24)25)30-12(3(5(4)15)13-34(20,21)22)32-7-6(16)8(33-36(26,27)28)11(19)31-9(7)10(17)18/h2-9,11-16,19H,1H2,(H,17,18)(H,20,21,22)(H,23,24,25)(H,26,27,28)/t2-,3-,4-,5-,6-,7-,8+,9-,11+,12-/m0/s1. The summed E-state index contributed by atoms with van der Waals surface area (Å²) in [6.45, 7) is -1.24. The van der Waals surface area contributed by atoms with Crippen LogP contribution in [-0.4, -0.2) is 138 Å². The zero-order chi connectivity index (χ0) is 27.8. The van der Waals surface area contributed by atoms with Crippen LogP contribution >= 0.6 is 0 Å². The number of nitrogens with one attached hydrogen (secondary N) is 1. The van der Waals surface area contributed by atoms with Gasteiger partial charge in [0, 0.05) is 0 Å². The maximum atomic E-state index is 11.6. The Hall–Kier alpha value is -1.20. The summed E-state index contributed by atoms with van der Waals surface area (Å²) in [6.07, 6.45) is -21.0. The summed E-state index contributed by atoms with van der Waals surface area (Å²) >= 11 is 0. The highest BCUT2D eigenvalue weighted by Gasteiger charge is 2.54. The van der Waals surface area contributed by atoms with Gasteiger partial charge in [0.2, 0.25) is 0 Å². The molecule has 0 spiro atoms. The first-order chi connectivity index (χ1) is 16.2. The van der Waals surface area contributed by atoms with Gasteiger partial charge in [0.1, 0.15) is 36.6 Å². The molecule has 21 nitrogen and oxygen atoms in total. The minimum atomic E-state index is -5.39. The van der Waals surface area contributed by atoms with E-state index in [1.165, 1.54) is 4.72 Å². The predicted molar refractivity (Wildman–Crippen MR) is 102 cm³/mol. The molecule has 0 aromatic heterocycles. The zero-order valence-electron chi connectivity index (χ0n) is 17.2. The zero-order valence-corrected chi connectivity index (χ0v) is 19.6. The fraction of sp³-hybridized carbons (Fsp3) is 0.917. The minimum absolute atomic E-state index is 1.24. The van der Waals surface area contributed by atoms with Crippen molar-refractivity contribution in [2.75, 3.05) is 6.61 Å². The average molecular weight is 595 g/mol. The van der Waals surface area contributed by atoms with Crippen LogP contribution in [-0.2, 0) is 58.5 Å². The van der Waals surface area contributed by atoms with Crippen LogP contribution < -0.4 is 4.72 Å². The number of hydrogen-bond donors (Lipinski definition) is 9. The van der Waals surface area contributed by atoms with E-state index in [-0.39, 0.29) is 0 Å². The third-order valence-electron chi connectivity index (χ3n) is 4.67. The molecular formula is C12H21NO20S3. The van der Waals surface area contributed by atoms with Gasteiger partial charge in [0.25, 0.3) is 0 Å².